The molecular weight excluding hydrogens is 240 g/mol. The number of hydrogen-bond acceptors (Lipinski definition) is 5. The van der Waals surface area contributed by atoms with Gasteiger partial charge in [0.2, 0.25) is 11.8 Å². The monoisotopic (exact) mass is 262 g/mol. The van der Waals surface area contributed by atoms with Gasteiger partial charge in [-0.1, -0.05) is 0 Å². The van der Waals surface area contributed by atoms with Crippen molar-refractivity contribution in [1.29, 1.82) is 0 Å². The molecule has 1 N–H and O–H groups in total. The van der Waals surface area contributed by atoms with E-state index in [0.717, 1.165) is 24.7 Å². The third-order valence-corrected chi connectivity index (χ3v) is 3.85. The Bertz CT molecular complexity index is 441. The van der Waals surface area contributed by atoms with E-state index >= 15 is 0 Å². The Morgan fingerprint density at radius 1 is 1.37 bits per heavy atom. The number of nitrogens with zero attached hydrogens (tertiary/aromatic N) is 3. The largest absolute Gasteiger partial charge is 0.481 e. The summed E-state index contributed by atoms with van der Waals surface area (Å²) in [4.78, 5) is 11.5. The Kier molecular flexibility index (Phi) is 3.55. The zero-order chi connectivity index (χ0) is 13.2. The van der Waals surface area contributed by atoms with Crippen LogP contribution in [0.1, 0.15) is 31.4 Å². The summed E-state index contributed by atoms with van der Waals surface area (Å²) < 4.78 is 5.26. The Hall–Kier alpha value is -1.36. The van der Waals surface area contributed by atoms with Gasteiger partial charge in [-0.15, -0.1) is 0 Å². The maximum Gasteiger partial charge on any atom is 0.229 e. The smallest absolute Gasteiger partial charge is 0.229 e. The Morgan fingerprint density at radius 3 is 2.84 bits per heavy atom. The molecule has 1 atom stereocenters. The zero-order valence-corrected chi connectivity index (χ0v) is 11.7. The average Bonchev–Trinajstić information content (AvgIpc) is 3.12. The molecule has 1 aromatic heterocycles. The fourth-order valence-electron chi connectivity index (χ4n) is 2.69. The fraction of sp³-hybridized carbons (Fsp3) is 0.714. The molecule has 0 bridgehead atoms. The van der Waals surface area contributed by atoms with E-state index in [0.29, 0.717) is 18.0 Å². The van der Waals surface area contributed by atoms with Crippen molar-refractivity contribution in [2.24, 2.45) is 0 Å². The van der Waals surface area contributed by atoms with Crippen LogP contribution in [0.3, 0.4) is 0 Å². The van der Waals surface area contributed by atoms with E-state index in [1.165, 1.54) is 25.7 Å². The van der Waals surface area contributed by atoms with Gasteiger partial charge < -0.3 is 15.0 Å². The summed E-state index contributed by atoms with van der Waals surface area (Å²) in [6.45, 7) is 4.14. The van der Waals surface area contributed by atoms with Crippen molar-refractivity contribution in [3.63, 3.8) is 0 Å². The van der Waals surface area contributed by atoms with E-state index in [4.69, 9.17) is 4.74 Å². The highest BCUT2D eigenvalue weighted by molar-refractivity contribution is 5.38. The summed E-state index contributed by atoms with van der Waals surface area (Å²) >= 11 is 0. The molecular formula is C14H22N4O. The van der Waals surface area contributed by atoms with Crippen LogP contribution in [0.5, 0.6) is 5.88 Å². The van der Waals surface area contributed by atoms with Crippen molar-refractivity contribution in [3.05, 3.63) is 11.8 Å². The van der Waals surface area contributed by atoms with E-state index in [2.05, 4.69) is 20.2 Å². The summed E-state index contributed by atoms with van der Waals surface area (Å²) in [7, 11) is 1.66. The first-order chi connectivity index (χ1) is 9.26. The lowest BCUT2D eigenvalue weighted by Gasteiger charge is -2.26. The molecule has 2 aliphatic rings. The maximum absolute atomic E-state index is 5.26. The van der Waals surface area contributed by atoms with Crippen molar-refractivity contribution in [3.8, 4) is 5.88 Å². The Labute approximate surface area is 114 Å². The molecule has 1 saturated carbocycles. The van der Waals surface area contributed by atoms with Crippen LogP contribution in [0.25, 0.3) is 0 Å². The minimum atomic E-state index is 0.579. The van der Waals surface area contributed by atoms with E-state index in [1.54, 1.807) is 7.11 Å². The van der Waals surface area contributed by atoms with E-state index in [1.807, 2.05) is 13.0 Å². The molecule has 0 amide bonds. The summed E-state index contributed by atoms with van der Waals surface area (Å²) in [6, 6.07) is 3.08. The molecule has 0 aromatic carbocycles. The van der Waals surface area contributed by atoms with Gasteiger partial charge in [0.15, 0.2) is 0 Å². The summed E-state index contributed by atoms with van der Waals surface area (Å²) in [5.74, 6) is 1.49. The second-order valence-electron chi connectivity index (χ2n) is 5.53. The highest BCUT2D eigenvalue weighted by Crippen LogP contribution is 2.31. The van der Waals surface area contributed by atoms with Crippen LogP contribution in [-0.2, 0) is 0 Å². The standard InChI is InChI=1S/C14H22N4O/c1-10-8-13(19-2)17-14(16-10)18(12-5-6-12)9-11-4-3-7-15-11/h8,11-12,15H,3-7,9H2,1-2H3. The van der Waals surface area contributed by atoms with Gasteiger partial charge >= 0.3 is 0 Å². The molecule has 1 aliphatic heterocycles. The van der Waals surface area contributed by atoms with Gasteiger partial charge in [-0.2, -0.15) is 4.98 Å². The normalized spacial score (nSPS) is 22.5. The first-order valence-corrected chi connectivity index (χ1v) is 7.16. The number of nitrogens with one attached hydrogen (secondary N) is 1. The SMILES string of the molecule is COc1cc(C)nc(N(CC2CCCN2)C2CC2)n1. The molecule has 1 aromatic rings. The number of rotatable bonds is 5. The molecule has 0 radical (unpaired) electrons. The van der Waals surface area contributed by atoms with Gasteiger partial charge in [0, 0.05) is 30.4 Å². The summed E-state index contributed by atoms with van der Waals surface area (Å²) in [6.07, 6.45) is 5.05. The Morgan fingerprint density at radius 2 is 2.21 bits per heavy atom. The molecule has 2 heterocycles. The minimum Gasteiger partial charge on any atom is -0.481 e. The quantitative estimate of drug-likeness (QED) is 0.872. The van der Waals surface area contributed by atoms with Gasteiger partial charge in [-0.05, 0) is 39.2 Å². The van der Waals surface area contributed by atoms with Crippen LogP contribution in [0.2, 0.25) is 0 Å². The second-order valence-corrected chi connectivity index (χ2v) is 5.53. The van der Waals surface area contributed by atoms with Crippen LogP contribution in [0.4, 0.5) is 5.95 Å². The van der Waals surface area contributed by atoms with Gasteiger partial charge in [0.25, 0.3) is 0 Å². The molecule has 19 heavy (non-hydrogen) atoms. The van der Waals surface area contributed by atoms with E-state index < -0.39 is 0 Å². The number of hydrogen-bond donors (Lipinski definition) is 1. The highest BCUT2D eigenvalue weighted by Gasteiger charge is 2.33. The number of ether oxygens (including phenoxy) is 1. The lowest BCUT2D eigenvalue weighted by Crippen LogP contribution is -2.39. The number of aryl methyl sites for hydroxylation is 1. The Balaban J connectivity index is 1.80. The van der Waals surface area contributed by atoms with Crippen LogP contribution >= 0.6 is 0 Å². The van der Waals surface area contributed by atoms with Gasteiger partial charge in [0.1, 0.15) is 0 Å². The van der Waals surface area contributed by atoms with Gasteiger partial charge in [-0.3, -0.25) is 0 Å². The molecule has 1 saturated heterocycles. The molecule has 1 aliphatic carbocycles. The minimum absolute atomic E-state index is 0.579. The van der Waals surface area contributed by atoms with Crippen LogP contribution in [0.15, 0.2) is 6.07 Å². The second kappa shape index (κ2) is 5.33. The summed E-state index contributed by atoms with van der Waals surface area (Å²) in [5.41, 5.74) is 0.965. The highest BCUT2D eigenvalue weighted by atomic mass is 16.5. The zero-order valence-electron chi connectivity index (χ0n) is 11.7. The van der Waals surface area contributed by atoms with E-state index in [9.17, 15) is 0 Å². The molecule has 5 nitrogen and oxygen atoms in total. The first kappa shape index (κ1) is 12.7. The fourth-order valence-corrected chi connectivity index (χ4v) is 2.69. The topological polar surface area (TPSA) is 50.3 Å². The van der Waals surface area contributed by atoms with Crippen molar-refractivity contribution in [2.75, 3.05) is 25.1 Å². The third-order valence-electron chi connectivity index (χ3n) is 3.85. The maximum atomic E-state index is 5.26. The third kappa shape index (κ3) is 2.97. The number of aromatic nitrogens is 2. The first-order valence-electron chi connectivity index (χ1n) is 7.16. The van der Waals surface area contributed by atoms with Crippen molar-refractivity contribution in [2.45, 2.75) is 44.7 Å². The number of anilines is 1. The van der Waals surface area contributed by atoms with Crippen LogP contribution in [-0.4, -0.2) is 42.3 Å². The molecule has 104 valence electrons. The molecule has 2 fully saturated rings. The summed E-state index contributed by atoms with van der Waals surface area (Å²) in [5, 5.41) is 3.55. The van der Waals surface area contributed by atoms with Gasteiger partial charge in [0.05, 0.1) is 7.11 Å². The van der Waals surface area contributed by atoms with Crippen molar-refractivity contribution < 1.29 is 4.74 Å². The van der Waals surface area contributed by atoms with Crippen molar-refractivity contribution in [1.82, 2.24) is 15.3 Å². The lowest BCUT2D eigenvalue weighted by atomic mass is 10.2. The van der Waals surface area contributed by atoms with Crippen LogP contribution in [0, 0.1) is 6.92 Å². The molecule has 1 unspecified atom stereocenters. The van der Waals surface area contributed by atoms with Crippen LogP contribution < -0.4 is 15.0 Å². The molecule has 3 rings (SSSR count). The van der Waals surface area contributed by atoms with E-state index in [-0.39, 0.29) is 0 Å². The van der Waals surface area contributed by atoms with Crippen molar-refractivity contribution >= 4 is 5.95 Å². The lowest BCUT2D eigenvalue weighted by molar-refractivity contribution is 0.395. The predicted molar refractivity (Wildman–Crippen MR) is 74.7 cm³/mol. The molecule has 0 spiro atoms. The molecule has 5 heteroatoms. The van der Waals surface area contributed by atoms with Gasteiger partial charge in [-0.25, -0.2) is 4.98 Å². The average molecular weight is 262 g/mol. The predicted octanol–water partition coefficient (Wildman–Crippen LogP) is 1.51. The number of methoxy groups -OCH3 is 1.